The fourth-order valence-corrected chi connectivity index (χ4v) is 5.93. The molecule has 0 saturated carbocycles. The van der Waals surface area contributed by atoms with Gasteiger partial charge >= 0.3 is 0 Å². The van der Waals surface area contributed by atoms with Crippen molar-refractivity contribution in [2.24, 2.45) is 10.2 Å². The minimum absolute atomic E-state index is 0.160. The summed E-state index contributed by atoms with van der Waals surface area (Å²) in [6, 6.07) is 11.0. The van der Waals surface area contributed by atoms with Gasteiger partial charge in [-0.3, -0.25) is 13.7 Å². The molecular formula is C21H16N2O10S3. The summed E-state index contributed by atoms with van der Waals surface area (Å²) in [7, 11) is -14.8. The summed E-state index contributed by atoms with van der Waals surface area (Å²) in [6.45, 7) is 1.72. The Kier molecular flexibility index (Phi) is 6.10. The molecule has 4 aromatic carbocycles. The van der Waals surface area contributed by atoms with Crippen LogP contribution in [0.2, 0.25) is 0 Å². The zero-order chi connectivity index (χ0) is 26.6. The molecule has 0 heterocycles. The van der Waals surface area contributed by atoms with E-state index in [1.54, 1.807) is 19.1 Å². The first-order valence-electron chi connectivity index (χ1n) is 9.75. The van der Waals surface area contributed by atoms with Crippen LogP contribution in [0.5, 0.6) is 5.75 Å². The van der Waals surface area contributed by atoms with Crippen LogP contribution < -0.4 is 0 Å². The quantitative estimate of drug-likeness (QED) is 0.205. The van der Waals surface area contributed by atoms with Crippen molar-refractivity contribution in [3.05, 3.63) is 60.2 Å². The van der Waals surface area contributed by atoms with E-state index in [4.69, 9.17) is 0 Å². The largest absolute Gasteiger partial charge is 0.505 e. The number of aromatic hydroxyl groups is 1. The van der Waals surface area contributed by atoms with Crippen molar-refractivity contribution in [2.45, 2.75) is 21.6 Å². The van der Waals surface area contributed by atoms with Gasteiger partial charge in [-0.2, -0.15) is 25.3 Å². The van der Waals surface area contributed by atoms with Crippen molar-refractivity contribution >= 4 is 63.3 Å². The Bertz CT molecular complexity index is 1930. The maximum atomic E-state index is 12.2. The molecule has 0 radical (unpaired) electrons. The number of fused-ring (bicyclic) bond motifs is 2. The van der Waals surface area contributed by atoms with Crippen molar-refractivity contribution in [3.63, 3.8) is 0 Å². The number of aryl methyl sites for hydroxylation is 1. The highest BCUT2D eigenvalue weighted by Crippen LogP contribution is 2.42. The van der Waals surface area contributed by atoms with Gasteiger partial charge in [0, 0.05) is 16.2 Å². The van der Waals surface area contributed by atoms with Gasteiger partial charge in [-0.1, -0.05) is 42.0 Å². The summed E-state index contributed by atoms with van der Waals surface area (Å²) in [5, 5.41) is 17.9. The molecule has 0 aromatic heterocycles. The summed E-state index contributed by atoms with van der Waals surface area (Å²) in [5.74, 6) is -0.674. The molecule has 0 aliphatic rings. The van der Waals surface area contributed by atoms with Gasteiger partial charge in [0.15, 0.2) is 5.75 Å². The lowest BCUT2D eigenvalue weighted by atomic mass is 10.1. The van der Waals surface area contributed by atoms with E-state index in [1.807, 2.05) is 0 Å². The average Bonchev–Trinajstić information content (AvgIpc) is 2.75. The van der Waals surface area contributed by atoms with E-state index < -0.39 is 62.2 Å². The first kappa shape index (κ1) is 25.6. The first-order chi connectivity index (χ1) is 16.6. The summed E-state index contributed by atoms with van der Waals surface area (Å²) in [4.78, 5) is -2.34. The Morgan fingerprint density at radius 2 is 1.31 bits per heavy atom. The standard InChI is InChI=1S/C21H16N2O10S3/c1-11-5-6-13-12(9-11)10-18(35(28,29)30)19(20(13)24)23-22-16-8-7-14-15(21(16)36(31,32)33)3-2-4-17(14)34(25,26)27/h2-10,24H,1H3,(H,25,26,27)(H,28,29,30)(H,31,32,33). The zero-order valence-corrected chi connectivity index (χ0v) is 20.5. The van der Waals surface area contributed by atoms with Crippen LogP contribution in [0.25, 0.3) is 21.5 Å². The fraction of sp³-hybridized carbons (Fsp3) is 0.0476. The van der Waals surface area contributed by atoms with E-state index in [1.165, 1.54) is 6.07 Å². The molecule has 188 valence electrons. The molecule has 4 rings (SSSR count). The SMILES string of the molecule is Cc1ccc2c(O)c(N=Nc3ccc4c(S(=O)(=O)O)cccc4c3S(=O)(=O)O)c(S(=O)(=O)O)cc2c1. The van der Waals surface area contributed by atoms with Crippen LogP contribution in [0.15, 0.2) is 79.5 Å². The third-order valence-corrected chi connectivity index (χ3v) is 7.95. The number of benzene rings is 4. The number of azo groups is 1. The van der Waals surface area contributed by atoms with E-state index >= 15 is 0 Å². The molecule has 4 aromatic rings. The van der Waals surface area contributed by atoms with Crippen molar-refractivity contribution < 1.29 is 44.0 Å². The number of hydrogen-bond donors (Lipinski definition) is 4. The highest BCUT2D eigenvalue weighted by atomic mass is 32.2. The molecule has 0 atom stereocenters. The molecule has 15 heteroatoms. The third kappa shape index (κ3) is 4.67. The normalized spacial score (nSPS) is 13.1. The lowest BCUT2D eigenvalue weighted by Gasteiger charge is -2.11. The second kappa shape index (κ2) is 8.58. The summed E-state index contributed by atoms with van der Waals surface area (Å²) in [6.07, 6.45) is 0. The smallest absolute Gasteiger partial charge is 0.297 e. The molecule has 0 spiro atoms. The van der Waals surface area contributed by atoms with Gasteiger partial charge in [-0.05, 0) is 30.5 Å². The van der Waals surface area contributed by atoms with Gasteiger partial charge in [0.1, 0.15) is 26.1 Å². The number of hydrogen-bond acceptors (Lipinski definition) is 9. The van der Waals surface area contributed by atoms with Crippen LogP contribution in [0.4, 0.5) is 11.4 Å². The van der Waals surface area contributed by atoms with Gasteiger partial charge in [-0.15, -0.1) is 10.2 Å². The average molecular weight is 553 g/mol. The fourth-order valence-electron chi connectivity index (χ4n) is 3.73. The molecule has 0 amide bonds. The Labute approximate surface area is 204 Å². The Balaban J connectivity index is 2.04. The van der Waals surface area contributed by atoms with Gasteiger partial charge in [-0.25, -0.2) is 0 Å². The third-order valence-electron chi connectivity index (χ3n) is 5.23. The highest BCUT2D eigenvalue weighted by molar-refractivity contribution is 7.86. The van der Waals surface area contributed by atoms with Crippen molar-refractivity contribution in [2.75, 3.05) is 0 Å². The predicted octanol–water partition coefficient (Wildman–Crippen LogP) is 4.16. The van der Waals surface area contributed by atoms with Crippen LogP contribution >= 0.6 is 0 Å². The van der Waals surface area contributed by atoms with Crippen LogP contribution in [-0.4, -0.2) is 44.0 Å². The van der Waals surface area contributed by atoms with Gasteiger partial charge < -0.3 is 5.11 Å². The Morgan fingerprint density at radius 1 is 0.667 bits per heavy atom. The summed E-state index contributed by atoms with van der Waals surface area (Å²) in [5.41, 5.74) is -0.528. The maximum Gasteiger partial charge on any atom is 0.297 e. The number of phenolic OH excluding ortho intramolecular Hbond substituents is 1. The molecule has 0 fully saturated rings. The maximum absolute atomic E-state index is 12.2. The van der Waals surface area contributed by atoms with Crippen LogP contribution in [0.1, 0.15) is 5.56 Å². The zero-order valence-electron chi connectivity index (χ0n) is 18.1. The van der Waals surface area contributed by atoms with Crippen LogP contribution in [0.3, 0.4) is 0 Å². The highest BCUT2D eigenvalue weighted by Gasteiger charge is 2.25. The van der Waals surface area contributed by atoms with Crippen molar-refractivity contribution in [1.29, 1.82) is 0 Å². The molecule has 0 aliphatic heterocycles. The second-order valence-corrected chi connectivity index (χ2v) is 11.8. The monoisotopic (exact) mass is 552 g/mol. The number of phenols is 1. The van der Waals surface area contributed by atoms with Gasteiger partial charge in [0.2, 0.25) is 0 Å². The lowest BCUT2D eigenvalue weighted by molar-refractivity contribution is 0.472. The van der Waals surface area contributed by atoms with Crippen molar-refractivity contribution in [3.8, 4) is 5.75 Å². The number of rotatable bonds is 5. The molecule has 12 nitrogen and oxygen atoms in total. The van der Waals surface area contributed by atoms with E-state index in [0.717, 1.165) is 42.0 Å². The molecular weight excluding hydrogens is 536 g/mol. The van der Waals surface area contributed by atoms with E-state index in [0.29, 0.717) is 0 Å². The van der Waals surface area contributed by atoms with E-state index in [9.17, 15) is 44.0 Å². The predicted molar refractivity (Wildman–Crippen MR) is 128 cm³/mol. The van der Waals surface area contributed by atoms with Gasteiger partial charge in [0.25, 0.3) is 30.4 Å². The minimum Gasteiger partial charge on any atom is -0.505 e. The topological polar surface area (TPSA) is 208 Å². The molecule has 4 N–H and O–H groups in total. The second-order valence-electron chi connectivity index (χ2n) is 7.69. The minimum atomic E-state index is -5.08. The molecule has 36 heavy (non-hydrogen) atoms. The van der Waals surface area contributed by atoms with Crippen molar-refractivity contribution in [1.82, 2.24) is 0 Å². The molecule has 0 saturated heterocycles. The van der Waals surface area contributed by atoms with E-state index in [-0.39, 0.29) is 21.5 Å². The Hall–Kier alpha value is -3.47. The summed E-state index contributed by atoms with van der Waals surface area (Å²) >= 11 is 0. The first-order valence-corrected chi connectivity index (χ1v) is 14.1. The summed E-state index contributed by atoms with van der Waals surface area (Å²) < 4.78 is 101. The molecule has 0 aliphatic carbocycles. The van der Waals surface area contributed by atoms with Crippen LogP contribution in [0, 0.1) is 6.92 Å². The van der Waals surface area contributed by atoms with Gasteiger partial charge in [0.05, 0.1) is 0 Å². The molecule has 0 bridgehead atoms. The van der Waals surface area contributed by atoms with Crippen LogP contribution in [-0.2, 0) is 30.4 Å². The van der Waals surface area contributed by atoms with E-state index in [2.05, 4.69) is 10.2 Å². The molecule has 0 unspecified atom stereocenters. The number of nitrogens with zero attached hydrogens (tertiary/aromatic N) is 2. The Morgan fingerprint density at radius 3 is 1.92 bits per heavy atom. The lowest BCUT2D eigenvalue weighted by Crippen LogP contribution is -2.03.